The van der Waals surface area contributed by atoms with Crippen LogP contribution in [-0.4, -0.2) is 12.0 Å². The number of fused-ring (bicyclic) bond motifs is 1. The maximum absolute atomic E-state index is 12.1. The monoisotopic (exact) mass is 234 g/mol. The minimum Gasteiger partial charge on any atom is -0.336 e. The lowest BCUT2D eigenvalue weighted by molar-refractivity contribution is -0.126. The summed E-state index contributed by atoms with van der Waals surface area (Å²) in [5.74, 6) is 0.753. The Morgan fingerprint density at radius 2 is 2.27 bits per heavy atom. The summed E-state index contributed by atoms with van der Waals surface area (Å²) < 4.78 is 36.4. The fourth-order valence-corrected chi connectivity index (χ4v) is 2.55. The van der Waals surface area contributed by atoms with Crippen LogP contribution in [0.5, 0.6) is 0 Å². The first kappa shape index (κ1) is 10.5. The molecule has 0 aliphatic carbocycles. The van der Waals surface area contributed by atoms with Gasteiger partial charge in [0.25, 0.3) is 0 Å². The Bertz CT molecular complexity index is 406. The Morgan fingerprint density at radius 1 is 1.53 bits per heavy atom. The fourth-order valence-electron chi connectivity index (χ4n) is 1.40. The van der Waals surface area contributed by atoms with Crippen LogP contribution in [0.3, 0.4) is 0 Å². The van der Waals surface area contributed by atoms with E-state index in [2.05, 4.69) is 10.3 Å². The molecular formula is C9H9F3N2S. The molecule has 0 fully saturated rings. The Morgan fingerprint density at radius 3 is 2.93 bits per heavy atom. The summed E-state index contributed by atoms with van der Waals surface area (Å²) in [6.45, 7) is 2.27. The highest BCUT2D eigenvalue weighted by atomic mass is 32.1. The lowest BCUT2D eigenvalue weighted by Gasteiger charge is -2.10. The highest BCUT2D eigenvalue weighted by Gasteiger charge is 2.29. The maximum atomic E-state index is 12.1. The average molecular weight is 234 g/mol. The third kappa shape index (κ3) is 2.50. The molecule has 0 spiro atoms. The molecule has 15 heavy (non-hydrogen) atoms. The van der Waals surface area contributed by atoms with Gasteiger partial charge in [-0.25, -0.2) is 0 Å². The van der Waals surface area contributed by atoms with Gasteiger partial charge in [-0.3, -0.25) is 4.99 Å². The van der Waals surface area contributed by atoms with Crippen molar-refractivity contribution in [2.24, 2.45) is 4.99 Å². The van der Waals surface area contributed by atoms with Gasteiger partial charge in [0.15, 0.2) is 0 Å². The summed E-state index contributed by atoms with van der Waals surface area (Å²) in [6, 6.07) is 1.58. The molecule has 0 radical (unpaired) electrons. The number of nitrogens with zero attached hydrogens (tertiary/aromatic N) is 1. The van der Waals surface area contributed by atoms with Gasteiger partial charge in [0, 0.05) is 10.4 Å². The van der Waals surface area contributed by atoms with E-state index in [9.17, 15) is 13.2 Å². The minimum atomic E-state index is -4.14. The van der Waals surface area contributed by atoms with E-state index < -0.39 is 12.6 Å². The average Bonchev–Trinajstić information content (AvgIpc) is 2.42. The van der Waals surface area contributed by atoms with Gasteiger partial charge in [-0.1, -0.05) is 0 Å². The molecule has 2 nitrogen and oxygen atoms in total. The van der Waals surface area contributed by atoms with Crippen molar-refractivity contribution in [3.8, 4) is 0 Å². The Balaban J connectivity index is 2.18. The second kappa shape index (κ2) is 3.52. The number of thiophene rings is 1. The number of alkyl halides is 3. The predicted molar refractivity (Wildman–Crippen MR) is 54.5 cm³/mol. The highest BCUT2D eigenvalue weighted by molar-refractivity contribution is 7.16. The van der Waals surface area contributed by atoms with Gasteiger partial charge < -0.3 is 5.32 Å². The first-order chi connectivity index (χ1) is 6.94. The molecule has 0 aromatic carbocycles. The van der Waals surface area contributed by atoms with E-state index >= 15 is 0 Å². The van der Waals surface area contributed by atoms with Gasteiger partial charge in [-0.15, -0.1) is 11.3 Å². The van der Waals surface area contributed by atoms with E-state index in [1.807, 2.05) is 0 Å². The molecule has 0 saturated heterocycles. The van der Waals surface area contributed by atoms with Crippen molar-refractivity contribution >= 4 is 22.2 Å². The normalized spacial score (nSPS) is 15.6. The first-order valence-corrected chi connectivity index (χ1v) is 5.22. The second-order valence-corrected chi connectivity index (χ2v) is 4.52. The Labute approximate surface area is 88.8 Å². The van der Waals surface area contributed by atoms with E-state index in [-0.39, 0.29) is 0 Å². The Hall–Kier alpha value is -1.04. The zero-order valence-electron chi connectivity index (χ0n) is 7.98. The van der Waals surface area contributed by atoms with Crippen molar-refractivity contribution in [3.05, 3.63) is 16.5 Å². The largest absolute Gasteiger partial charge is 0.393 e. The lowest BCUT2D eigenvalue weighted by atomic mass is 10.2. The quantitative estimate of drug-likeness (QED) is 0.792. The van der Waals surface area contributed by atoms with E-state index in [1.54, 1.807) is 13.0 Å². The molecule has 1 aliphatic heterocycles. The number of rotatable bonds is 1. The van der Waals surface area contributed by atoms with Gasteiger partial charge in [-0.2, -0.15) is 13.2 Å². The topological polar surface area (TPSA) is 24.4 Å². The van der Waals surface area contributed by atoms with Gasteiger partial charge >= 0.3 is 6.18 Å². The van der Waals surface area contributed by atoms with E-state index in [1.165, 1.54) is 0 Å². The lowest BCUT2D eigenvalue weighted by Crippen LogP contribution is -2.11. The molecule has 0 unspecified atom stereocenters. The molecule has 2 rings (SSSR count). The summed E-state index contributed by atoms with van der Waals surface area (Å²) in [7, 11) is 0. The smallest absolute Gasteiger partial charge is 0.336 e. The molecule has 0 atom stereocenters. The summed E-state index contributed by atoms with van der Waals surface area (Å²) in [4.78, 5) is 4.45. The minimum absolute atomic E-state index is 0.338. The third-order valence-corrected chi connectivity index (χ3v) is 3.11. The van der Waals surface area contributed by atoms with Gasteiger partial charge in [0.1, 0.15) is 0 Å². The summed E-state index contributed by atoms with van der Waals surface area (Å²) in [5.41, 5.74) is 0.852. The molecule has 0 amide bonds. The Kier molecular flexibility index (Phi) is 2.46. The highest BCUT2D eigenvalue weighted by Crippen LogP contribution is 2.34. The van der Waals surface area contributed by atoms with Crippen molar-refractivity contribution < 1.29 is 13.2 Å². The number of amidine groups is 1. The summed E-state index contributed by atoms with van der Waals surface area (Å²) in [6.07, 6.45) is -4.99. The van der Waals surface area contributed by atoms with Crippen LogP contribution >= 0.6 is 11.3 Å². The zero-order valence-corrected chi connectivity index (χ0v) is 8.80. The third-order valence-electron chi connectivity index (χ3n) is 2.02. The van der Waals surface area contributed by atoms with E-state index in [0.29, 0.717) is 11.4 Å². The fraction of sp³-hybridized carbons (Fsp3) is 0.444. The standard InChI is InChI=1S/C9H9F3N2S/c1-5-13-4-6-2-7(3-9(10,11)12)15-8(6)14-5/h2H,3-4H2,1H3,(H,13,14). The second-order valence-electron chi connectivity index (χ2n) is 3.39. The van der Waals surface area contributed by atoms with Crippen LogP contribution in [0.15, 0.2) is 11.1 Å². The number of aliphatic imine (C=N–C) groups is 1. The molecule has 6 heteroatoms. The van der Waals surface area contributed by atoms with Gasteiger partial charge in [-0.05, 0) is 13.0 Å². The molecule has 82 valence electrons. The van der Waals surface area contributed by atoms with Crippen LogP contribution in [0.4, 0.5) is 18.2 Å². The predicted octanol–water partition coefficient (Wildman–Crippen LogP) is 3.20. The number of anilines is 1. The summed E-state index contributed by atoms with van der Waals surface area (Å²) in [5, 5.41) is 3.76. The van der Waals surface area contributed by atoms with Crippen LogP contribution in [-0.2, 0) is 13.0 Å². The summed E-state index contributed by atoms with van der Waals surface area (Å²) >= 11 is 1.15. The van der Waals surface area contributed by atoms with Crippen LogP contribution in [0.2, 0.25) is 0 Å². The number of hydrogen-bond donors (Lipinski definition) is 1. The van der Waals surface area contributed by atoms with Crippen molar-refractivity contribution in [2.75, 3.05) is 5.32 Å². The number of halogens is 3. The van der Waals surface area contributed by atoms with Crippen LogP contribution in [0, 0.1) is 0 Å². The van der Waals surface area contributed by atoms with Gasteiger partial charge in [0.2, 0.25) is 0 Å². The number of hydrogen-bond acceptors (Lipinski definition) is 3. The molecule has 2 heterocycles. The van der Waals surface area contributed by atoms with Crippen LogP contribution < -0.4 is 5.32 Å². The molecule has 1 aromatic rings. The molecule has 0 bridgehead atoms. The van der Waals surface area contributed by atoms with Gasteiger partial charge in [0.05, 0.1) is 23.8 Å². The van der Waals surface area contributed by atoms with Crippen molar-refractivity contribution in [3.63, 3.8) is 0 Å². The first-order valence-electron chi connectivity index (χ1n) is 4.40. The maximum Gasteiger partial charge on any atom is 0.393 e. The van der Waals surface area contributed by atoms with Crippen molar-refractivity contribution in [1.82, 2.24) is 0 Å². The molecule has 1 aliphatic rings. The molecule has 0 saturated carbocycles. The molecule has 1 N–H and O–H groups in total. The molecular weight excluding hydrogens is 225 g/mol. The van der Waals surface area contributed by atoms with E-state index in [4.69, 9.17) is 0 Å². The van der Waals surface area contributed by atoms with Crippen LogP contribution in [0.25, 0.3) is 0 Å². The van der Waals surface area contributed by atoms with Crippen molar-refractivity contribution in [1.29, 1.82) is 0 Å². The SMILES string of the molecule is CC1=NCc2cc(CC(F)(F)F)sc2N1. The number of nitrogens with one attached hydrogen (secondary N) is 1. The molecule has 1 aromatic heterocycles. The van der Waals surface area contributed by atoms with Crippen LogP contribution in [0.1, 0.15) is 17.4 Å². The zero-order chi connectivity index (χ0) is 11.1. The van der Waals surface area contributed by atoms with Crippen molar-refractivity contribution in [2.45, 2.75) is 26.1 Å². The van der Waals surface area contributed by atoms with E-state index in [0.717, 1.165) is 27.7 Å².